The number of carbonyl (C=O) groups excluding carboxylic acids is 1. The normalized spacial score (nSPS) is 14.7. The molecule has 0 aliphatic rings. The lowest BCUT2D eigenvalue weighted by atomic mass is 9.89. The molecule has 0 rings (SSSR count). The van der Waals surface area contributed by atoms with Gasteiger partial charge in [0.05, 0.1) is 18.6 Å². The van der Waals surface area contributed by atoms with Gasteiger partial charge < -0.3 is 14.7 Å². The van der Waals surface area contributed by atoms with Crippen LogP contribution in [0.5, 0.6) is 0 Å². The fourth-order valence-corrected chi connectivity index (χ4v) is 1.49. The first kappa shape index (κ1) is 16.4. The molecule has 0 bridgehead atoms. The standard InChI is InChI=1S/C13H27NO3/c1-5-13(4,11-15)12(16)17-10-8-9-14(6-2)7-3/h15H,5-11H2,1-4H3. The van der Waals surface area contributed by atoms with Crippen LogP contribution in [0.15, 0.2) is 0 Å². The van der Waals surface area contributed by atoms with Crippen molar-refractivity contribution in [2.24, 2.45) is 5.41 Å². The molecule has 0 spiro atoms. The van der Waals surface area contributed by atoms with E-state index in [1.807, 2.05) is 6.92 Å². The Morgan fingerprint density at radius 3 is 2.29 bits per heavy atom. The van der Waals surface area contributed by atoms with Crippen molar-refractivity contribution in [1.29, 1.82) is 0 Å². The first-order valence-electron chi connectivity index (χ1n) is 6.54. The van der Waals surface area contributed by atoms with Crippen molar-refractivity contribution in [2.45, 2.75) is 40.5 Å². The Balaban J connectivity index is 3.85. The molecule has 0 aliphatic carbocycles. The van der Waals surface area contributed by atoms with Gasteiger partial charge in [-0.3, -0.25) is 4.79 Å². The van der Waals surface area contributed by atoms with Gasteiger partial charge in [0.15, 0.2) is 0 Å². The van der Waals surface area contributed by atoms with Crippen molar-refractivity contribution in [3.05, 3.63) is 0 Å². The highest BCUT2D eigenvalue weighted by atomic mass is 16.5. The Bertz CT molecular complexity index is 211. The summed E-state index contributed by atoms with van der Waals surface area (Å²) in [4.78, 5) is 14.0. The molecule has 0 saturated carbocycles. The van der Waals surface area contributed by atoms with Crippen molar-refractivity contribution >= 4 is 5.97 Å². The predicted molar refractivity (Wildman–Crippen MR) is 68.8 cm³/mol. The van der Waals surface area contributed by atoms with Crippen LogP contribution in [-0.4, -0.2) is 48.8 Å². The number of esters is 1. The maximum absolute atomic E-state index is 11.7. The molecule has 1 N–H and O–H groups in total. The number of nitrogens with zero attached hydrogens (tertiary/aromatic N) is 1. The molecule has 0 aliphatic heterocycles. The summed E-state index contributed by atoms with van der Waals surface area (Å²) in [6.07, 6.45) is 1.44. The van der Waals surface area contributed by atoms with Crippen LogP contribution in [0.2, 0.25) is 0 Å². The van der Waals surface area contributed by atoms with Gasteiger partial charge in [-0.2, -0.15) is 0 Å². The monoisotopic (exact) mass is 245 g/mol. The van der Waals surface area contributed by atoms with Crippen LogP contribution in [0.4, 0.5) is 0 Å². The van der Waals surface area contributed by atoms with Crippen LogP contribution >= 0.6 is 0 Å². The molecule has 0 aromatic carbocycles. The van der Waals surface area contributed by atoms with E-state index in [9.17, 15) is 4.79 Å². The Labute approximate surface area is 105 Å². The van der Waals surface area contributed by atoms with Crippen molar-refractivity contribution in [2.75, 3.05) is 32.8 Å². The molecule has 0 heterocycles. The zero-order chi connectivity index (χ0) is 13.3. The van der Waals surface area contributed by atoms with Crippen LogP contribution in [0.25, 0.3) is 0 Å². The lowest BCUT2D eigenvalue weighted by Crippen LogP contribution is -2.33. The van der Waals surface area contributed by atoms with Gasteiger partial charge in [0, 0.05) is 6.54 Å². The van der Waals surface area contributed by atoms with Gasteiger partial charge in [0.2, 0.25) is 0 Å². The first-order chi connectivity index (χ1) is 8.03. The molecule has 102 valence electrons. The average Bonchev–Trinajstić information content (AvgIpc) is 2.37. The number of hydrogen-bond acceptors (Lipinski definition) is 4. The summed E-state index contributed by atoms with van der Waals surface area (Å²) < 4.78 is 5.20. The number of aliphatic hydroxyl groups excluding tert-OH is 1. The number of ether oxygens (including phenoxy) is 1. The lowest BCUT2D eigenvalue weighted by molar-refractivity contribution is -0.157. The largest absolute Gasteiger partial charge is 0.465 e. The van der Waals surface area contributed by atoms with Gasteiger partial charge in [-0.05, 0) is 32.9 Å². The van der Waals surface area contributed by atoms with E-state index in [1.54, 1.807) is 6.92 Å². The maximum atomic E-state index is 11.7. The summed E-state index contributed by atoms with van der Waals surface area (Å²) in [6, 6.07) is 0. The average molecular weight is 245 g/mol. The van der Waals surface area contributed by atoms with E-state index in [2.05, 4.69) is 18.7 Å². The van der Waals surface area contributed by atoms with Crippen molar-refractivity contribution < 1.29 is 14.6 Å². The van der Waals surface area contributed by atoms with Crippen LogP contribution in [0.1, 0.15) is 40.5 Å². The summed E-state index contributed by atoms with van der Waals surface area (Å²) in [5.41, 5.74) is -0.741. The predicted octanol–water partition coefficient (Wildman–Crippen LogP) is 1.67. The Kier molecular flexibility index (Phi) is 8.17. The van der Waals surface area contributed by atoms with Crippen LogP contribution in [-0.2, 0) is 9.53 Å². The molecule has 0 amide bonds. The molecule has 0 saturated heterocycles. The van der Waals surface area contributed by atoms with Crippen LogP contribution in [0.3, 0.4) is 0 Å². The van der Waals surface area contributed by atoms with Crippen LogP contribution < -0.4 is 0 Å². The Morgan fingerprint density at radius 1 is 1.29 bits per heavy atom. The highest BCUT2D eigenvalue weighted by Gasteiger charge is 2.32. The summed E-state index contributed by atoms with van der Waals surface area (Å²) in [6.45, 7) is 11.1. The summed E-state index contributed by atoms with van der Waals surface area (Å²) >= 11 is 0. The van der Waals surface area contributed by atoms with Crippen LogP contribution in [0, 0.1) is 5.41 Å². The molecule has 1 atom stereocenters. The number of hydrogen-bond donors (Lipinski definition) is 1. The molecular weight excluding hydrogens is 218 g/mol. The van der Waals surface area contributed by atoms with Gasteiger partial charge in [-0.1, -0.05) is 20.8 Å². The van der Waals surface area contributed by atoms with E-state index in [0.717, 1.165) is 26.1 Å². The second-order valence-corrected chi connectivity index (χ2v) is 4.59. The van der Waals surface area contributed by atoms with E-state index in [-0.39, 0.29) is 12.6 Å². The summed E-state index contributed by atoms with van der Waals surface area (Å²) in [5, 5.41) is 9.17. The highest BCUT2D eigenvalue weighted by molar-refractivity contribution is 5.76. The van der Waals surface area contributed by atoms with Gasteiger partial charge >= 0.3 is 5.97 Å². The van der Waals surface area contributed by atoms with Gasteiger partial charge in [0.1, 0.15) is 0 Å². The van der Waals surface area contributed by atoms with E-state index in [1.165, 1.54) is 0 Å². The Morgan fingerprint density at radius 2 is 1.88 bits per heavy atom. The van der Waals surface area contributed by atoms with E-state index in [4.69, 9.17) is 9.84 Å². The number of carbonyl (C=O) groups is 1. The first-order valence-corrected chi connectivity index (χ1v) is 6.54. The lowest BCUT2D eigenvalue weighted by Gasteiger charge is -2.23. The minimum absolute atomic E-state index is 0.154. The molecular formula is C13H27NO3. The molecule has 0 aromatic heterocycles. The van der Waals surface area contributed by atoms with Crippen molar-refractivity contribution in [3.63, 3.8) is 0 Å². The zero-order valence-corrected chi connectivity index (χ0v) is 11.7. The van der Waals surface area contributed by atoms with Gasteiger partial charge in [-0.15, -0.1) is 0 Å². The molecule has 4 heteroatoms. The SMILES string of the molecule is CCN(CC)CCCOC(=O)C(C)(CC)CO. The second kappa shape index (κ2) is 8.48. The smallest absolute Gasteiger partial charge is 0.314 e. The maximum Gasteiger partial charge on any atom is 0.314 e. The topological polar surface area (TPSA) is 49.8 Å². The van der Waals surface area contributed by atoms with Gasteiger partial charge in [-0.25, -0.2) is 0 Å². The molecule has 0 radical (unpaired) electrons. The quantitative estimate of drug-likeness (QED) is 0.496. The third kappa shape index (κ3) is 5.50. The van der Waals surface area contributed by atoms with Gasteiger partial charge in [0.25, 0.3) is 0 Å². The third-order valence-corrected chi connectivity index (χ3v) is 3.37. The molecule has 17 heavy (non-hydrogen) atoms. The van der Waals surface area contributed by atoms with E-state index in [0.29, 0.717) is 13.0 Å². The van der Waals surface area contributed by atoms with E-state index < -0.39 is 5.41 Å². The molecule has 1 unspecified atom stereocenters. The highest BCUT2D eigenvalue weighted by Crippen LogP contribution is 2.21. The number of aliphatic hydroxyl groups is 1. The summed E-state index contributed by atoms with van der Waals surface area (Å²) in [7, 11) is 0. The van der Waals surface area contributed by atoms with Crippen molar-refractivity contribution in [1.82, 2.24) is 4.90 Å². The zero-order valence-electron chi connectivity index (χ0n) is 11.7. The molecule has 0 aromatic rings. The third-order valence-electron chi connectivity index (χ3n) is 3.37. The fourth-order valence-electron chi connectivity index (χ4n) is 1.49. The minimum Gasteiger partial charge on any atom is -0.465 e. The fraction of sp³-hybridized carbons (Fsp3) is 0.923. The molecule has 4 nitrogen and oxygen atoms in total. The number of rotatable bonds is 9. The van der Waals surface area contributed by atoms with Crippen molar-refractivity contribution in [3.8, 4) is 0 Å². The van der Waals surface area contributed by atoms with E-state index >= 15 is 0 Å². The minimum atomic E-state index is -0.741. The second-order valence-electron chi connectivity index (χ2n) is 4.59. The summed E-state index contributed by atoms with van der Waals surface area (Å²) in [5.74, 6) is -0.290. The molecule has 0 fully saturated rings. The Hall–Kier alpha value is -0.610.